The molecule has 0 aromatic carbocycles. The number of imidazole rings is 3. The lowest BCUT2D eigenvalue weighted by molar-refractivity contribution is 0.548. The molecule has 6 aromatic heterocycles. The number of rotatable bonds is 0. The van der Waals surface area contributed by atoms with Gasteiger partial charge in [0.15, 0.2) is 0 Å². The van der Waals surface area contributed by atoms with Crippen LogP contribution >= 0.6 is 0 Å². The molecule has 6 aromatic rings. The fourth-order valence-electron chi connectivity index (χ4n) is 3.81. The van der Waals surface area contributed by atoms with Crippen LogP contribution in [0.1, 0.15) is 159 Å². The lowest BCUT2D eigenvalue weighted by Gasteiger charge is -2.14. The highest BCUT2D eigenvalue weighted by atomic mass is 15.2. The topological polar surface area (TPSA) is 198 Å². The van der Waals surface area contributed by atoms with Gasteiger partial charge in [-0.1, -0.05) is 125 Å². The zero-order chi connectivity index (χ0) is 41.4. The van der Waals surface area contributed by atoms with E-state index >= 15 is 0 Å². The average Bonchev–Trinajstić information content (AvgIpc) is 3.89. The first-order valence-electron chi connectivity index (χ1n) is 18.3. The minimum atomic E-state index is 0.0938. The Bertz CT molecular complexity index is 1360. The number of aromatic nitrogens is 14. The Labute approximate surface area is 323 Å². The van der Waals surface area contributed by atoms with Gasteiger partial charge in [0.25, 0.3) is 0 Å². The van der Waals surface area contributed by atoms with Crippen molar-refractivity contribution in [2.75, 3.05) is 0 Å². The van der Waals surface area contributed by atoms with E-state index in [1.165, 1.54) is 29.7 Å². The summed E-state index contributed by atoms with van der Waals surface area (Å²) in [7, 11) is 0. The third-order valence-corrected chi connectivity index (χ3v) is 7.38. The summed E-state index contributed by atoms with van der Waals surface area (Å²) in [5.41, 5.74) is 4.51. The van der Waals surface area contributed by atoms with Gasteiger partial charge in [-0.2, -0.15) is 15.3 Å². The first-order chi connectivity index (χ1) is 24.6. The van der Waals surface area contributed by atoms with Gasteiger partial charge in [-0.3, -0.25) is 15.3 Å². The zero-order valence-corrected chi connectivity index (χ0v) is 36.4. The van der Waals surface area contributed by atoms with Gasteiger partial charge in [0.05, 0.1) is 12.7 Å². The fourth-order valence-corrected chi connectivity index (χ4v) is 3.81. The fraction of sp³-hybridized carbons (Fsp3) is 0.600. The van der Waals surface area contributed by atoms with E-state index in [4.69, 9.17) is 0 Å². The van der Waals surface area contributed by atoms with Crippen molar-refractivity contribution in [2.24, 2.45) is 0 Å². The molecule has 0 spiro atoms. The molecule has 0 aliphatic rings. The molecular weight excluding hydrogens is 677 g/mol. The van der Waals surface area contributed by atoms with Crippen molar-refractivity contribution in [3.63, 3.8) is 0 Å². The Morgan fingerprint density at radius 2 is 0.796 bits per heavy atom. The highest BCUT2D eigenvalue weighted by Crippen LogP contribution is 2.20. The van der Waals surface area contributed by atoms with Gasteiger partial charge >= 0.3 is 0 Å². The molecule has 0 saturated heterocycles. The quantitative estimate of drug-likeness (QED) is 0.0884. The van der Waals surface area contributed by atoms with Gasteiger partial charge in [-0.25, -0.2) is 24.9 Å². The predicted octanol–water partition coefficient (Wildman–Crippen LogP) is 9.03. The molecule has 0 bridgehead atoms. The first kappa shape index (κ1) is 47.1. The Morgan fingerprint density at radius 1 is 0.389 bits per heavy atom. The molecule has 6 rings (SSSR count). The minimum Gasteiger partial charge on any atom is -0.348 e. The summed E-state index contributed by atoms with van der Waals surface area (Å²) >= 11 is 0. The van der Waals surface area contributed by atoms with Gasteiger partial charge in [0.1, 0.15) is 30.1 Å². The van der Waals surface area contributed by atoms with Crippen LogP contribution in [0.25, 0.3) is 0 Å². The standard InChI is InChI=1S/4C7H12N2.2C6H11N3/c2*1-7(2,3)6-4-8-5-9-6;1-7(2,3)6-8-4-5-9-6;1-7(2,3)6-4-5-8-9-6;2*1-6(2,3)5-7-4-8-9-5/h4*4-5H,1-3H3,(H,8,9);2*4H,1-3H3,(H,7,8,9). The summed E-state index contributed by atoms with van der Waals surface area (Å²) in [5, 5.41) is 19.9. The molecule has 0 radical (unpaired) electrons. The first-order valence-corrected chi connectivity index (χ1v) is 18.3. The molecule has 14 heteroatoms. The molecule has 0 fully saturated rings. The highest BCUT2D eigenvalue weighted by Gasteiger charge is 2.18. The van der Waals surface area contributed by atoms with Crippen molar-refractivity contribution in [1.29, 1.82) is 0 Å². The Morgan fingerprint density at radius 3 is 0.944 bits per heavy atom. The molecule has 300 valence electrons. The number of nitrogens with zero attached hydrogens (tertiary/aromatic N) is 8. The van der Waals surface area contributed by atoms with Crippen LogP contribution in [0.2, 0.25) is 0 Å². The van der Waals surface area contributed by atoms with Crippen molar-refractivity contribution >= 4 is 0 Å². The monoisotopic (exact) mass is 747 g/mol. The molecule has 0 aliphatic carbocycles. The van der Waals surface area contributed by atoms with E-state index < -0.39 is 0 Å². The SMILES string of the molecule is CC(C)(C)c1ccn[nH]1.CC(C)(C)c1cnc[nH]1.CC(C)(C)c1cnc[nH]1.CC(C)(C)c1ncc[nH]1.CC(C)(C)c1ncn[nH]1.CC(C)(C)c1ncn[nH]1. The molecule has 0 amide bonds. The van der Waals surface area contributed by atoms with Gasteiger partial charge < -0.3 is 15.0 Å². The number of aromatic amines is 6. The average molecular weight is 747 g/mol. The Balaban J connectivity index is 0.000000324. The van der Waals surface area contributed by atoms with Gasteiger partial charge in [-0.15, -0.1) is 0 Å². The largest absolute Gasteiger partial charge is 0.348 e. The molecule has 0 saturated carbocycles. The van der Waals surface area contributed by atoms with E-state index in [2.05, 4.69) is 195 Å². The highest BCUT2D eigenvalue weighted by molar-refractivity contribution is 5.09. The maximum Gasteiger partial charge on any atom is 0.137 e. The van der Waals surface area contributed by atoms with E-state index in [9.17, 15) is 0 Å². The second kappa shape index (κ2) is 20.0. The van der Waals surface area contributed by atoms with Crippen molar-refractivity contribution < 1.29 is 0 Å². The van der Waals surface area contributed by atoms with Crippen LogP contribution in [0.15, 0.2) is 62.4 Å². The number of H-pyrrole nitrogens is 6. The van der Waals surface area contributed by atoms with E-state index in [1.807, 2.05) is 24.7 Å². The van der Waals surface area contributed by atoms with Crippen LogP contribution in [0, 0.1) is 0 Å². The summed E-state index contributed by atoms with van der Waals surface area (Å²) in [4.78, 5) is 29.2. The zero-order valence-electron chi connectivity index (χ0n) is 36.4. The smallest absolute Gasteiger partial charge is 0.137 e. The predicted molar refractivity (Wildman–Crippen MR) is 219 cm³/mol. The van der Waals surface area contributed by atoms with Crippen molar-refractivity contribution in [3.05, 3.63) is 96.9 Å². The molecule has 14 nitrogen and oxygen atoms in total. The van der Waals surface area contributed by atoms with E-state index in [-0.39, 0.29) is 32.5 Å². The lowest BCUT2D eigenvalue weighted by atomic mass is 9.93. The summed E-state index contributed by atoms with van der Waals surface area (Å²) in [6.07, 6.45) is 15.6. The van der Waals surface area contributed by atoms with Gasteiger partial charge in [0.2, 0.25) is 0 Å². The molecule has 0 atom stereocenters. The summed E-state index contributed by atoms with van der Waals surface area (Å²) in [6.45, 7) is 38.3. The molecular formula is C40H70N14. The number of nitrogens with one attached hydrogen (secondary N) is 6. The van der Waals surface area contributed by atoms with Crippen LogP contribution in [0.4, 0.5) is 0 Å². The van der Waals surface area contributed by atoms with Gasteiger partial charge in [0, 0.05) is 80.6 Å². The van der Waals surface area contributed by atoms with Crippen LogP contribution in [-0.2, 0) is 32.5 Å². The van der Waals surface area contributed by atoms with Crippen LogP contribution in [0.3, 0.4) is 0 Å². The Kier molecular flexibility index (Phi) is 17.4. The van der Waals surface area contributed by atoms with Crippen molar-refractivity contribution in [3.8, 4) is 0 Å². The third-order valence-electron chi connectivity index (χ3n) is 7.38. The van der Waals surface area contributed by atoms with Crippen molar-refractivity contribution in [1.82, 2.24) is 70.5 Å². The second-order valence-corrected chi connectivity index (χ2v) is 19.0. The second-order valence-electron chi connectivity index (χ2n) is 19.0. The van der Waals surface area contributed by atoms with E-state index in [0.717, 1.165) is 17.5 Å². The normalized spacial score (nSPS) is 11.9. The maximum atomic E-state index is 4.13. The lowest BCUT2D eigenvalue weighted by Crippen LogP contribution is -2.13. The summed E-state index contributed by atoms with van der Waals surface area (Å²) < 4.78 is 0. The van der Waals surface area contributed by atoms with E-state index in [1.54, 1.807) is 25.0 Å². The van der Waals surface area contributed by atoms with Crippen LogP contribution < -0.4 is 0 Å². The molecule has 0 unspecified atom stereocenters. The maximum absolute atomic E-state index is 4.13. The number of hydrogen-bond acceptors (Lipinski definition) is 8. The van der Waals surface area contributed by atoms with Crippen LogP contribution in [0.5, 0.6) is 0 Å². The number of hydrogen-bond donors (Lipinski definition) is 6. The molecule has 54 heavy (non-hydrogen) atoms. The molecule has 6 N–H and O–H groups in total. The third kappa shape index (κ3) is 18.7. The Hall–Kier alpha value is -4.88. The van der Waals surface area contributed by atoms with Crippen LogP contribution in [-0.4, -0.2) is 70.5 Å². The molecule has 6 heterocycles. The van der Waals surface area contributed by atoms with Crippen molar-refractivity contribution in [2.45, 2.75) is 157 Å². The minimum absolute atomic E-state index is 0.0938. The van der Waals surface area contributed by atoms with E-state index in [0.29, 0.717) is 0 Å². The molecule has 0 aliphatic heterocycles. The summed E-state index contributed by atoms with van der Waals surface area (Å²) in [6, 6.07) is 2.00. The summed E-state index contributed by atoms with van der Waals surface area (Å²) in [5.74, 6) is 2.91. The van der Waals surface area contributed by atoms with Gasteiger partial charge in [-0.05, 0) is 6.07 Å².